The molecule has 0 fully saturated rings. The van der Waals surface area contributed by atoms with Crippen molar-refractivity contribution >= 4 is 34.7 Å². The Morgan fingerprint density at radius 1 is 1.19 bits per heavy atom. The maximum absolute atomic E-state index is 9.31. The number of benzene rings is 1. The molecule has 3 rings (SSSR count). The molecule has 1 aliphatic rings. The third-order valence-corrected chi connectivity index (χ3v) is 4.39. The molecule has 5 heteroatoms. The summed E-state index contributed by atoms with van der Waals surface area (Å²) >= 11 is 12.4. The molecule has 106 valence electrons. The minimum Gasteiger partial charge on any atom is -0.338 e. The molecular weight excluding hydrogens is 305 g/mol. The number of anilines is 2. The Morgan fingerprint density at radius 3 is 2.76 bits per heavy atom. The second-order valence-corrected chi connectivity index (χ2v) is 5.98. The Bertz CT molecular complexity index is 763. The van der Waals surface area contributed by atoms with E-state index in [1.807, 2.05) is 13.0 Å². The van der Waals surface area contributed by atoms with Crippen molar-refractivity contribution in [2.75, 3.05) is 5.32 Å². The van der Waals surface area contributed by atoms with Gasteiger partial charge in [-0.25, -0.2) is 4.98 Å². The Kier molecular flexibility index (Phi) is 3.75. The normalized spacial score (nSPS) is 12.9. The summed E-state index contributed by atoms with van der Waals surface area (Å²) < 4.78 is 0. The molecule has 0 bridgehead atoms. The van der Waals surface area contributed by atoms with Gasteiger partial charge in [-0.2, -0.15) is 5.26 Å². The number of halogens is 2. The van der Waals surface area contributed by atoms with Crippen LogP contribution in [0.15, 0.2) is 18.2 Å². The highest BCUT2D eigenvalue weighted by atomic mass is 35.5. The van der Waals surface area contributed by atoms with Gasteiger partial charge in [-0.3, -0.25) is 0 Å². The zero-order chi connectivity index (χ0) is 15.0. The second kappa shape index (κ2) is 5.55. The molecule has 1 aromatic carbocycles. The third kappa shape index (κ3) is 2.70. The van der Waals surface area contributed by atoms with Crippen LogP contribution in [0.4, 0.5) is 11.5 Å². The van der Waals surface area contributed by atoms with Crippen molar-refractivity contribution < 1.29 is 0 Å². The van der Waals surface area contributed by atoms with Gasteiger partial charge in [0.05, 0.1) is 16.3 Å². The van der Waals surface area contributed by atoms with Crippen LogP contribution in [0, 0.1) is 18.3 Å². The summed E-state index contributed by atoms with van der Waals surface area (Å²) in [7, 11) is 0. The molecule has 1 aliphatic carbocycles. The quantitative estimate of drug-likeness (QED) is 0.865. The van der Waals surface area contributed by atoms with Gasteiger partial charge in [-0.05, 0) is 55.5 Å². The lowest BCUT2D eigenvalue weighted by Gasteiger charge is -2.12. The molecule has 0 unspecified atom stereocenters. The van der Waals surface area contributed by atoms with E-state index in [1.165, 1.54) is 5.56 Å². The zero-order valence-electron chi connectivity index (χ0n) is 11.5. The molecular formula is C16H13Cl2N3. The van der Waals surface area contributed by atoms with Gasteiger partial charge in [0, 0.05) is 10.7 Å². The average Bonchev–Trinajstić information content (AvgIpc) is 2.91. The highest BCUT2D eigenvalue weighted by Gasteiger charge is 2.17. The Morgan fingerprint density at radius 2 is 2.00 bits per heavy atom. The van der Waals surface area contributed by atoms with Gasteiger partial charge in [0.15, 0.2) is 0 Å². The molecule has 0 saturated heterocycles. The van der Waals surface area contributed by atoms with Crippen LogP contribution in [0.25, 0.3) is 0 Å². The van der Waals surface area contributed by atoms with Crippen LogP contribution in [0.1, 0.15) is 28.8 Å². The molecule has 0 radical (unpaired) electrons. The van der Waals surface area contributed by atoms with E-state index < -0.39 is 0 Å². The monoisotopic (exact) mass is 317 g/mol. The Balaban J connectivity index is 2.02. The fourth-order valence-electron chi connectivity index (χ4n) is 2.52. The number of nitrogens with zero attached hydrogens (tertiary/aromatic N) is 2. The molecule has 0 amide bonds. The fourth-order valence-corrected chi connectivity index (χ4v) is 2.95. The summed E-state index contributed by atoms with van der Waals surface area (Å²) in [6.07, 6.45) is 3.04. The van der Waals surface area contributed by atoms with Crippen LogP contribution in [0.2, 0.25) is 10.0 Å². The molecule has 1 heterocycles. The minimum absolute atomic E-state index is 0.531. The minimum atomic E-state index is 0.531. The van der Waals surface area contributed by atoms with Crippen molar-refractivity contribution in [3.05, 3.63) is 50.6 Å². The Labute approximate surface area is 133 Å². The SMILES string of the molecule is Cc1cc(Cl)c(Nc2nc3c(cc2C#N)CCC3)cc1Cl. The number of nitriles is 1. The van der Waals surface area contributed by atoms with Crippen molar-refractivity contribution in [2.45, 2.75) is 26.2 Å². The highest BCUT2D eigenvalue weighted by molar-refractivity contribution is 6.35. The summed E-state index contributed by atoms with van der Waals surface area (Å²) in [5, 5.41) is 13.6. The molecule has 0 spiro atoms. The first-order chi connectivity index (χ1) is 10.1. The van der Waals surface area contributed by atoms with E-state index >= 15 is 0 Å². The van der Waals surface area contributed by atoms with Gasteiger partial charge < -0.3 is 5.32 Å². The highest BCUT2D eigenvalue weighted by Crippen LogP contribution is 2.32. The molecule has 1 aromatic heterocycles. The molecule has 1 N–H and O–H groups in total. The van der Waals surface area contributed by atoms with E-state index in [9.17, 15) is 5.26 Å². The van der Waals surface area contributed by atoms with Crippen LogP contribution in [0.3, 0.4) is 0 Å². The van der Waals surface area contributed by atoms with E-state index in [4.69, 9.17) is 23.2 Å². The number of rotatable bonds is 2. The summed E-state index contributed by atoms with van der Waals surface area (Å²) in [5.74, 6) is 0.542. The van der Waals surface area contributed by atoms with E-state index in [0.29, 0.717) is 27.1 Å². The predicted molar refractivity (Wildman–Crippen MR) is 85.5 cm³/mol. The van der Waals surface area contributed by atoms with Crippen LogP contribution in [-0.2, 0) is 12.8 Å². The first-order valence-electron chi connectivity index (χ1n) is 6.74. The molecule has 0 aliphatic heterocycles. The summed E-state index contributed by atoms with van der Waals surface area (Å²) in [6, 6.07) is 7.66. The van der Waals surface area contributed by atoms with E-state index in [2.05, 4.69) is 16.4 Å². The number of aryl methyl sites for hydroxylation is 3. The van der Waals surface area contributed by atoms with Gasteiger partial charge in [0.2, 0.25) is 0 Å². The molecule has 0 saturated carbocycles. The number of pyridine rings is 1. The standard InChI is InChI=1S/C16H13Cl2N3/c1-9-5-13(18)15(7-12(9)17)21-16-11(8-19)6-10-3-2-4-14(10)20-16/h5-7H,2-4H2,1H3,(H,20,21). The number of aromatic nitrogens is 1. The van der Waals surface area contributed by atoms with Crippen LogP contribution in [-0.4, -0.2) is 4.98 Å². The first kappa shape index (κ1) is 14.2. The number of nitrogens with one attached hydrogen (secondary N) is 1. The lowest BCUT2D eigenvalue weighted by atomic mass is 10.1. The lowest BCUT2D eigenvalue weighted by Crippen LogP contribution is -2.01. The van der Waals surface area contributed by atoms with Crippen LogP contribution < -0.4 is 5.32 Å². The molecule has 21 heavy (non-hydrogen) atoms. The van der Waals surface area contributed by atoms with Crippen molar-refractivity contribution in [1.29, 1.82) is 5.26 Å². The molecule has 3 nitrogen and oxygen atoms in total. The Hall–Kier alpha value is -1.76. The first-order valence-corrected chi connectivity index (χ1v) is 7.49. The van der Waals surface area contributed by atoms with E-state index in [0.717, 1.165) is 30.5 Å². The van der Waals surface area contributed by atoms with E-state index in [1.54, 1.807) is 12.1 Å². The van der Waals surface area contributed by atoms with E-state index in [-0.39, 0.29) is 0 Å². The van der Waals surface area contributed by atoms with Gasteiger partial charge in [0.1, 0.15) is 11.9 Å². The largest absolute Gasteiger partial charge is 0.338 e. The van der Waals surface area contributed by atoms with Crippen molar-refractivity contribution in [2.24, 2.45) is 0 Å². The summed E-state index contributed by atoms with van der Waals surface area (Å²) in [5.41, 5.74) is 4.34. The zero-order valence-corrected chi connectivity index (χ0v) is 13.0. The predicted octanol–water partition coefficient (Wildman–Crippen LogP) is 4.80. The van der Waals surface area contributed by atoms with Gasteiger partial charge in [-0.15, -0.1) is 0 Å². The molecule has 0 atom stereocenters. The van der Waals surface area contributed by atoms with Gasteiger partial charge in [-0.1, -0.05) is 23.2 Å². The maximum Gasteiger partial charge on any atom is 0.148 e. The molecule has 2 aromatic rings. The van der Waals surface area contributed by atoms with Crippen molar-refractivity contribution in [1.82, 2.24) is 4.98 Å². The van der Waals surface area contributed by atoms with Crippen LogP contribution in [0.5, 0.6) is 0 Å². The fraction of sp³-hybridized carbons (Fsp3) is 0.250. The number of hydrogen-bond acceptors (Lipinski definition) is 3. The van der Waals surface area contributed by atoms with Gasteiger partial charge in [0.25, 0.3) is 0 Å². The van der Waals surface area contributed by atoms with Crippen molar-refractivity contribution in [3.63, 3.8) is 0 Å². The number of hydrogen-bond donors (Lipinski definition) is 1. The van der Waals surface area contributed by atoms with Crippen molar-refractivity contribution in [3.8, 4) is 6.07 Å². The van der Waals surface area contributed by atoms with Gasteiger partial charge >= 0.3 is 0 Å². The summed E-state index contributed by atoms with van der Waals surface area (Å²) in [6.45, 7) is 1.90. The summed E-state index contributed by atoms with van der Waals surface area (Å²) in [4.78, 5) is 4.58. The van der Waals surface area contributed by atoms with Crippen LogP contribution >= 0.6 is 23.2 Å². The topological polar surface area (TPSA) is 48.7 Å². The lowest BCUT2D eigenvalue weighted by molar-refractivity contribution is 0.900. The smallest absolute Gasteiger partial charge is 0.148 e. The second-order valence-electron chi connectivity index (χ2n) is 5.16. The number of fused-ring (bicyclic) bond motifs is 1. The maximum atomic E-state index is 9.31. The third-order valence-electron chi connectivity index (χ3n) is 3.67. The average molecular weight is 318 g/mol.